The van der Waals surface area contributed by atoms with Crippen LogP contribution in [0.1, 0.15) is 63.0 Å². The molecule has 2 aliphatic rings. The van der Waals surface area contributed by atoms with Crippen molar-refractivity contribution >= 4 is 16.7 Å². The average Bonchev–Trinajstić information content (AvgIpc) is 2.74. The highest BCUT2D eigenvalue weighted by molar-refractivity contribution is 5.91. The quantitative estimate of drug-likeness (QED) is 0.531. The molecule has 1 aliphatic heterocycles. The molecule has 0 unspecified atom stereocenters. The zero-order valence-corrected chi connectivity index (χ0v) is 19.0. The number of ether oxygens (including phenoxy) is 1. The number of carboxylic acids is 1. The fraction of sp³-hybridized carbons (Fsp3) is 0.577. The van der Waals surface area contributed by atoms with Crippen LogP contribution in [0.25, 0.3) is 10.8 Å². The second-order valence-electron chi connectivity index (χ2n) is 9.79. The minimum absolute atomic E-state index is 0.0776. The van der Waals surface area contributed by atoms with E-state index in [1.54, 1.807) is 12.1 Å². The van der Waals surface area contributed by atoms with E-state index in [-0.39, 0.29) is 29.6 Å². The summed E-state index contributed by atoms with van der Waals surface area (Å²) in [5.74, 6) is -0.209. The van der Waals surface area contributed by atoms with Crippen molar-refractivity contribution in [2.24, 2.45) is 11.8 Å². The van der Waals surface area contributed by atoms with Crippen LogP contribution in [0.4, 0.5) is 13.2 Å². The molecule has 4 rings (SSSR count). The molecule has 1 atom stereocenters. The fourth-order valence-electron chi connectivity index (χ4n) is 5.41. The predicted molar refractivity (Wildman–Crippen MR) is 121 cm³/mol. The molecule has 0 amide bonds. The van der Waals surface area contributed by atoms with Gasteiger partial charge in [-0.2, -0.15) is 13.2 Å². The number of hydrogen-bond acceptors (Lipinski definition) is 3. The molecule has 1 heterocycles. The lowest BCUT2D eigenvalue weighted by atomic mass is 9.89. The van der Waals surface area contributed by atoms with Gasteiger partial charge in [0.25, 0.3) is 0 Å². The summed E-state index contributed by atoms with van der Waals surface area (Å²) in [6, 6.07) is 8.31. The van der Waals surface area contributed by atoms with E-state index in [4.69, 9.17) is 9.84 Å². The fourth-order valence-corrected chi connectivity index (χ4v) is 5.41. The highest BCUT2D eigenvalue weighted by Gasteiger charge is 2.37. The number of rotatable bonds is 6. The maximum atomic E-state index is 14.2. The summed E-state index contributed by atoms with van der Waals surface area (Å²) in [6.07, 6.45) is 0.711. The molecule has 1 N–H and O–H groups in total. The zero-order valence-electron chi connectivity index (χ0n) is 19.0. The number of benzene rings is 2. The lowest BCUT2D eigenvalue weighted by Crippen LogP contribution is -2.35. The number of aliphatic carboxylic acids is 1. The number of hydrogen-bond donors (Lipinski definition) is 1. The topological polar surface area (TPSA) is 49.8 Å². The van der Waals surface area contributed by atoms with Crippen molar-refractivity contribution in [1.29, 1.82) is 0 Å². The minimum Gasteiger partial charge on any atom is -0.490 e. The van der Waals surface area contributed by atoms with E-state index in [2.05, 4.69) is 11.8 Å². The number of nitrogens with zero attached hydrogens (tertiary/aromatic N) is 1. The number of piperidine rings is 1. The highest BCUT2D eigenvalue weighted by atomic mass is 19.4. The van der Waals surface area contributed by atoms with Gasteiger partial charge in [-0.3, -0.25) is 9.69 Å². The molecule has 0 spiro atoms. The third kappa shape index (κ3) is 5.81. The molecule has 2 aromatic rings. The average molecular weight is 464 g/mol. The van der Waals surface area contributed by atoms with E-state index in [1.807, 2.05) is 6.07 Å². The van der Waals surface area contributed by atoms with Gasteiger partial charge >= 0.3 is 12.1 Å². The second-order valence-corrected chi connectivity index (χ2v) is 9.79. The molecular formula is C26H32F3NO3. The van der Waals surface area contributed by atoms with Gasteiger partial charge in [-0.1, -0.05) is 31.2 Å². The molecule has 4 nitrogen and oxygen atoms in total. The molecule has 0 aromatic heterocycles. The Labute approximate surface area is 192 Å². The van der Waals surface area contributed by atoms with Gasteiger partial charge in [0.2, 0.25) is 0 Å². The molecule has 2 aromatic carbocycles. The van der Waals surface area contributed by atoms with Gasteiger partial charge in [0, 0.05) is 19.5 Å². The van der Waals surface area contributed by atoms with Crippen molar-refractivity contribution in [1.82, 2.24) is 4.90 Å². The van der Waals surface area contributed by atoms with Crippen LogP contribution in [0, 0.1) is 11.8 Å². The van der Waals surface area contributed by atoms with Gasteiger partial charge in [0.05, 0.1) is 6.10 Å². The summed E-state index contributed by atoms with van der Waals surface area (Å²) >= 11 is 0. The first kappa shape index (κ1) is 23.9. The summed E-state index contributed by atoms with van der Waals surface area (Å²) in [5.41, 5.74) is 0.134. The van der Waals surface area contributed by atoms with Crippen molar-refractivity contribution in [3.8, 4) is 5.75 Å². The molecule has 2 fully saturated rings. The van der Waals surface area contributed by atoms with Crippen LogP contribution in [0.15, 0.2) is 30.3 Å². The lowest BCUT2D eigenvalue weighted by Gasteiger charge is -2.32. The summed E-state index contributed by atoms with van der Waals surface area (Å²) in [7, 11) is 0. The number of carboxylic acid groups (broad SMARTS) is 1. The standard InChI is InChI=1S/C26H32F3NO3/c1-17-7-9-20(10-8-17)33-23-12-11-21-19(5-2-6-22(21)25(23)26(27,28)29)16-30-13-3-4-18(15-30)14-24(31)32/h2,5-6,11-12,17-18,20H,3-4,7-10,13-16H2,1H3,(H,31,32)/t17-,18-,20+/m1/s1. The van der Waals surface area contributed by atoms with Crippen molar-refractivity contribution < 1.29 is 27.8 Å². The molecule has 0 bridgehead atoms. The van der Waals surface area contributed by atoms with Crippen LogP contribution < -0.4 is 4.74 Å². The van der Waals surface area contributed by atoms with Gasteiger partial charge in [-0.25, -0.2) is 0 Å². The molecular weight excluding hydrogens is 431 g/mol. The third-order valence-corrected chi connectivity index (χ3v) is 7.11. The van der Waals surface area contributed by atoms with Crippen LogP contribution >= 0.6 is 0 Å². The van der Waals surface area contributed by atoms with Crippen molar-refractivity contribution in [3.63, 3.8) is 0 Å². The molecule has 1 saturated heterocycles. The molecule has 1 saturated carbocycles. The number of carbonyl (C=O) groups is 1. The van der Waals surface area contributed by atoms with Crippen molar-refractivity contribution in [3.05, 3.63) is 41.5 Å². The van der Waals surface area contributed by atoms with E-state index in [0.29, 0.717) is 24.4 Å². The summed E-state index contributed by atoms with van der Waals surface area (Å²) in [4.78, 5) is 13.3. The molecule has 1 aliphatic carbocycles. The number of alkyl halides is 3. The Hall–Kier alpha value is -2.28. The Balaban J connectivity index is 1.61. The summed E-state index contributed by atoms with van der Waals surface area (Å²) in [6.45, 7) is 4.14. The van der Waals surface area contributed by atoms with Gasteiger partial charge in [-0.15, -0.1) is 0 Å². The molecule has 0 radical (unpaired) electrons. The number of halogens is 3. The highest BCUT2D eigenvalue weighted by Crippen LogP contribution is 2.43. The van der Waals surface area contributed by atoms with Crippen molar-refractivity contribution in [2.45, 2.75) is 70.7 Å². The zero-order chi connectivity index (χ0) is 23.6. The Kier molecular flexibility index (Phi) is 7.17. The van der Waals surface area contributed by atoms with E-state index in [9.17, 15) is 18.0 Å². The maximum Gasteiger partial charge on any atom is 0.420 e. The first-order valence-electron chi connectivity index (χ1n) is 11.9. The first-order valence-corrected chi connectivity index (χ1v) is 11.9. The van der Waals surface area contributed by atoms with Gasteiger partial charge in [0.15, 0.2) is 0 Å². The normalized spacial score (nSPS) is 24.7. The van der Waals surface area contributed by atoms with Crippen LogP contribution in [0.5, 0.6) is 5.75 Å². The molecule has 7 heteroatoms. The maximum absolute atomic E-state index is 14.2. The van der Waals surface area contributed by atoms with Crippen molar-refractivity contribution in [2.75, 3.05) is 13.1 Å². The lowest BCUT2D eigenvalue weighted by molar-refractivity contribution is -0.139. The van der Waals surface area contributed by atoms with Gasteiger partial charge in [-0.05, 0) is 79.3 Å². The van der Waals surface area contributed by atoms with E-state index in [0.717, 1.165) is 50.6 Å². The summed E-state index contributed by atoms with van der Waals surface area (Å²) < 4.78 is 48.6. The Morgan fingerprint density at radius 2 is 1.85 bits per heavy atom. The Morgan fingerprint density at radius 1 is 1.09 bits per heavy atom. The molecule has 180 valence electrons. The third-order valence-electron chi connectivity index (χ3n) is 7.11. The number of fused-ring (bicyclic) bond motifs is 1. The van der Waals surface area contributed by atoms with Crippen LogP contribution in [-0.4, -0.2) is 35.2 Å². The van der Waals surface area contributed by atoms with E-state index < -0.39 is 17.7 Å². The first-order chi connectivity index (χ1) is 15.7. The Bertz CT molecular complexity index is 983. The smallest absolute Gasteiger partial charge is 0.420 e. The van der Waals surface area contributed by atoms with Crippen LogP contribution in [-0.2, 0) is 17.5 Å². The largest absolute Gasteiger partial charge is 0.490 e. The van der Waals surface area contributed by atoms with Gasteiger partial charge < -0.3 is 9.84 Å². The van der Waals surface area contributed by atoms with Gasteiger partial charge in [0.1, 0.15) is 11.3 Å². The SMILES string of the molecule is C[C@H]1CC[C@@H](Oc2ccc3c(CN4CCC[C@H](CC(=O)O)C4)cccc3c2C(F)(F)F)CC1. The van der Waals surface area contributed by atoms with Crippen LogP contribution in [0.2, 0.25) is 0 Å². The predicted octanol–water partition coefficient (Wildman–Crippen LogP) is 6.50. The van der Waals surface area contributed by atoms with E-state index >= 15 is 0 Å². The Morgan fingerprint density at radius 3 is 2.55 bits per heavy atom. The monoisotopic (exact) mass is 463 g/mol. The second kappa shape index (κ2) is 9.92. The van der Waals surface area contributed by atoms with Crippen LogP contribution in [0.3, 0.4) is 0 Å². The summed E-state index contributed by atoms with van der Waals surface area (Å²) in [5, 5.41) is 9.86. The minimum atomic E-state index is -4.52. The number of likely N-dealkylation sites (tertiary alicyclic amines) is 1. The van der Waals surface area contributed by atoms with E-state index in [1.165, 1.54) is 12.1 Å². The molecule has 33 heavy (non-hydrogen) atoms.